The summed E-state index contributed by atoms with van der Waals surface area (Å²) < 4.78 is 11.1. The normalized spacial score (nSPS) is 16.6. The minimum Gasteiger partial charge on any atom is -0.483 e. The maximum absolute atomic E-state index is 12.3. The molecular formula is C20H26N2O3. The van der Waals surface area contributed by atoms with Crippen LogP contribution >= 0.6 is 0 Å². The average Bonchev–Trinajstić information content (AvgIpc) is 2.95. The Hall–Kier alpha value is -2.30. The van der Waals surface area contributed by atoms with Crippen LogP contribution in [0.1, 0.15) is 55.5 Å². The first-order valence-electron chi connectivity index (χ1n) is 8.94. The third-order valence-corrected chi connectivity index (χ3v) is 4.70. The van der Waals surface area contributed by atoms with E-state index in [2.05, 4.69) is 43.4 Å². The van der Waals surface area contributed by atoms with Gasteiger partial charge in [-0.05, 0) is 55.2 Å². The van der Waals surface area contributed by atoms with Gasteiger partial charge >= 0.3 is 0 Å². The van der Waals surface area contributed by atoms with Gasteiger partial charge in [0, 0.05) is 5.56 Å². The van der Waals surface area contributed by atoms with Crippen LogP contribution in [0.25, 0.3) is 0 Å². The molecule has 1 N–H and O–H groups in total. The van der Waals surface area contributed by atoms with Crippen molar-refractivity contribution in [1.82, 2.24) is 5.16 Å². The van der Waals surface area contributed by atoms with E-state index in [1.54, 1.807) is 0 Å². The maximum atomic E-state index is 12.3. The first kappa shape index (κ1) is 17.5. The van der Waals surface area contributed by atoms with Gasteiger partial charge in [0.15, 0.2) is 6.61 Å². The second-order valence-electron chi connectivity index (χ2n) is 7.32. The van der Waals surface area contributed by atoms with Gasteiger partial charge in [0.05, 0.1) is 5.69 Å². The molecule has 1 amide bonds. The number of aromatic nitrogens is 1. The van der Waals surface area contributed by atoms with Crippen molar-refractivity contribution < 1.29 is 14.1 Å². The van der Waals surface area contributed by atoms with E-state index in [4.69, 9.17) is 9.26 Å². The Morgan fingerprint density at radius 1 is 1.44 bits per heavy atom. The van der Waals surface area contributed by atoms with Crippen molar-refractivity contribution in [3.05, 3.63) is 40.6 Å². The van der Waals surface area contributed by atoms with E-state index >= 15 is 0 Å². The second kappa shape index (κ2) is 7.30. The number of aryl methyl sites for hydroxylation is 2. The Morgan fingerprint density at radius 2 is 2.24 bits per heavy atom. The molecule has 0 saturated carbocycles. The van der Waals surface area contributed by atoms with Crippen LogP contribution in [0.2, 0.25) is 0 Å². The first-order chi connectivity index (χ1) is 11.9. The third-order valence-electron chi connectivity index (χ3n) is 4.70. The molecule has 1 aromatic heterocycles. The lowest BCUT2D eigenvalue weighted by Gasteiger charge is -2.17. The molecule has 1 aromatic carbocycles. The highest BCUT2D eigenvalue weighted by Crippen LogP contribution is 2.31. The lowest BCUT2D eigenvalue weighted by molar-refractivity contribution is -0.118. The maximum Gasteiger partial charge on any atom is 0.264 e. The highest BCUT2D eigenvalue weighted by Gasteiger charge is 2.24. The molecule has 134 valence electrons. The van der Waals surface area contributed by atoms with Crippen LogP contribution in [0.5, 0.6) is 5.75 Å². The Morgan fingerprint density at radius 3 is 3.00 bits per heavy atom. The van der Waals surface area contributed by atoms with Gasteiger partial charge in [-0.25, -0.2) is 0 Å². The predicted octanol–water partition coefficient (Wildman–Crippen LogP) is 4.25. The van der Waals surface area contributed by atoms with Crippen LogP contribution < -0.4 is 10.1 Å². The third kappa shape index (κ3) is 4.03. The van der Waals surface area contributed by atoms with E-state index in [0.29, 0.717) is 17.7 Å². The van der Waals surface area contributed by atoms with Crippen LogP contribution in [0.4, 0.5) is 5.88 Å². The summed E-state index contributed by atoms with van der Waals surface area (Å²) in [6.07, 6.45) is 2.92. The molecule has 0 radical (unpaired) electrons. The monoisotopic (exact) mass is 342 g/mol. The fourth-order valence-corrected chi connectivity index (χ4v) is 3.23. The standard InChI is InChI=1S/C20H26N2O3/c1-12(2)15-7-5-14(4)10-18(15)24-11-19(23)21-20-16-9-13(3)6-8-17(16)22-25-20/h5,7,10,12-13H,6,8-9,11H2,1-4H3,(H,21,23)/t13-/m0/s1. The van der Waals surface area contributed by atoms with Gasteiger partial charge < -0.3 is 9.26 Å². The number of hydrogen-bond donors (Lipinski definition) is 1. The summed E-state index contributed by atoms with van der Waals surface area (Å²) in [4.78, 5) is 12.3. The topological polar surface area (TPSA) is 64.4 Å². The van der Waals surface area contributed by atoms with Gasteiger partial charge in [0.1, 0.15) is 5.75 Å². The van der Waals surface area contributed by atoms with Crippen LogP contribution in [0.15, 0.2) is 22.7 Å². The average molecular weight is 342 g/mol. The van der Waals surface area contributed by atoms with Gasteiger partial charge in [-0.3, -0.25) is 10.1 Å². The molecule has 2 aromatic rings. The zero-order chi connectivity index (χ0) is 18.0. The molecule has 3 rings (SSSR count). The molecule has 0 unspecified atom stereocenters. The van der Waals surface area contributed by atoms with Crippen molar-refractivity contribution in [2.75, 3.05) is 11.9 Å². The van der Waals surface area contributed by atoms with Crippen LogP contribution in [-0.2, 0) is 17.6 Å². The lowest BCUT2D eigenvalue weighted by Crippen LogP contribution is -2.22. The van der Waals surface area contributed by atoms with E-state index in [9.17, 15) is 4.79 Å². The quantitative estimate of drug-likeness (QED) is 0.882. The van der Waals surface area contributed by atoms with E-state index < -0.39 is 0 Å². The van der Waals surface area contributed by atoms with Crippen molar-refractivity contribution in [1.29, 1.82) is 0 Å². The number of fused-ring (bicyclic) bond motifs is 1. The summed E-state index contributed by atoms with van der Waals surface area (Å²) in [5, 5.41) is 6.89. The molecule has 5 heteroatoms. The highest BCUT2D eigenvalue weighted by molar-refractivity contribution is 5.91. The number of hydrogen-bond acceptors (Lipinski definition) is 4. The van der Waals surface area contributed by atoms with Crippen LogP contribution in [0, 0.1) is 12.8 Å². The minimum absolute atomic E-state index is 0.0474. The highest BCUT2D eigenvalue weighted by atomic mass is 16.5. The molecular weight excluding hydrogens is 316 g/mol. The number of rotatable bonds is 5. The van der Waals surface area contributed by atoms with E-state index in [1.165, 1.54) is 0 Å². The van der Waals surface area contributed by atoms with E-state index in [-0.39, 0.29) is 12.5 Å². The number of benzene rings is 1. The lowest BCUT2D eigenvalue weighted by atomic mass is 9.89. The second-order valence-corrected chi connectivity index (χ2v) is 7.32. The Kier molecular flexibility index (Phi) is 5.11. The van der Waals surface area contributed by atoms with Gasteiger partial charge in [0.2, 0.25) is 5.88 Å². The fraction of sp³-hybridized carbons (Fsp3) is 0.500. The molecule has 0 fully saturated rings. The van der Waals surface area contributed by atoms with Crippen molar-refractivity contribution >= 4 is 11.8 Å². The first-order valence-corrected chi connectivity index (χ1v) is 8.94. The Balaban J connectivity index is 1.65. The molecule has 1 aliphatic carbocycles. The van der Waals surface area contributed by atoms with E-state index in [0.717, 1.165) is 47.4 Å². The smallest absolute Gasteiger partial charge is 0.264 e. The number of carbonyl (C=O) groups excluding carboxylic acids is 1. The zero-order valence-electron chi connectivity index (χ0n) is 15.4. The van der Waals surface area contributed by atoms with Gasteiger partial charge in [-0.1, -0.05) is 38.1 Å². The molecule has 0 spiro atoms. The SMILES string of the molecule is Cc1ccc(C(C)C)c(OCC(=O)Nc2onc3c2C[C@@H](C)CC3)c1. The summed E-state index contributed by atoms with van der Waals surface area (Å²) in [7, 11) is 0. The Labute approximate surface area is 148 Å². The summed E-state index contributed by atoms with van der Waals surface area (Å²) in [6, 6.07) is 6.09. The van der Waals surface area contributed by atoms with Crippen molar-refractivity contribution in [3.63, 3.8) is 0 Å². The van der Waals surface area contributed by atoms with Crippen molar-refractivity contribution in [3.8, 4) is 5.75 Å². The molecule has 0 bridgehead atoms. The largest absolute Gasteiger partial charge is 0.483 e. The molecule has 1 aliphatic rings. The minimum atomic E-state index is -0.228. The molecule has 1 atom stereocenters. The predicted molar refractivity (Wildman–Crippen MR) is 97.1 cm³/mol. The number of ether oxygens (including phenoxy) is 1. The Bertz CT molecular complexity index is 764. The molecule has 1 heterocycles. The molecule has 0 saturated heterocycles. The molecule has 5 nitrogen and oxygen atoms in total. The number of carbonyl (C=O) groups is 1. The number of nitrogens with one attached hydrogen (secondary N) is 1. The molecule has 0 aliphatic heterocycles. The van der Waals surface area contributed by atoms with Crippen LogP contribution in [-0.4, -0.2) is 17.7 Å². The summed E-state index contributed by atoms with van der Waals surface area (Å²) in [5.74, 6) is 1.93. The van der Waals surface area contributed by atoms with Crippen molar-refractivity contribution in [2.45, 2.75) is 52.9 Å². The number of amides is 1. The number of anilines is 1. The molecule has 25 heavy (non-hydrogen) atoms. The van der Waals surface area contributed by atoms with Crippen LogP contribution in [0.3, 0.4) is 0 Å². The summed E-state index contributed by atoms with van der Waals surface area (Å²) in [6.45, 7) is 8.39. The summed E-state index contributed by atoms with van der Waals surface area (Å²) in [5.41, 5.74) is 4.21. The fourth-order valence-electron chi connectivity index (χ4n) is 3.23. The van der Waals surface area contributed by atoms with Gasteiger partial charge in [-0.15, -0.1) is 0 Å². The van der Waals surface area contributed by atoms with Crippen molar-refractivity contribution in [2.24, 2.45) is 5.92 Å². The number of nitrogens with zero attached hydrogens (tertiary/aromatic N) is 1. The van der Waals surface area contributed by atoms with Gasteiger partial charge in [0.25, 0.3) is 5.91 Å². The van der Waals surface area contributed by atoms with Gasteiger partial charge in [-0.2, -0.15) is 0 Å². The zero-order valence-corrected chi connectivity index (χ0v) is 15.4. The summed E-state index contributed by atoms with van der Waals surface area (Å²) >= 11 is 0. The van der Waals surface area contributed by atoms with E-state index in [1.807, 2.05) is 13.0 Å².